The Morgan fingerprint density at radius 1 is 1.13 bits per heavy atom. The maximum atomic E-state index is 11.8. The SMILES string of the molecule is C=C(C)C(=O)OC(COCC)COc1ccc(-n2nc3ccc(OC)cc3n2)c(O)c1. The van der Waals surface area contributed by atoms with Crippen molar-refractivity contribution in [1.82, 2.24) is 15.0 Å². The number of aromatic hydroxyl groups is 1. The molecule has 0 aliphatic heterocycles. The summed E-state index contributed by atoms with van der Waals surface area (Å²) >= 11 is 0. The molecule has 1 N–H and O–H groups in total. The van der Waals surface area contributed by atoms with Crippen molar-refractivity contribution in [1.29, 1.82) is 0 Å². The van der Waals surface area contributed by atoms with Crippen LogP contribution in [0.5, 0.6) is 17.2 Å². The van der Waals surface area contributed by atoms with E-state index in [-0.39, 0.29) is 19.0 Å². The number of fused-ring (bicyclic) bond motifs is 1. The molecule has 0 spiro atoms. The van der Waals surface area contributed by atoms with Crippen molar-refractivity contribution in [3.8, 4) is 22.9 Å². The van der Waals surface area contributed by atoms with E-state index in [2.05, 4.69) is 16.8 Å². The molecule has 1 heterocycles. The minimum Gasteiger partial charge on any atom is -0.505 e. The predicted octanol–water partition coefficient (Wildman–Crippen LogP) is 3.04. The standard InChI is InChI=1S/C22H25N3O6/c1-5-29-12-17(31-22(27)14(2)3)13-30-16-7-9-20(21(26)11-16)25-23-18-8-6-15(28-4)10-19(18)24-25/h6-11,17,26H,2,5,12-13H2,1,3-4H3. The summed E-state index contributed by atoms with van der Waals surface area (Å²) in [4.78, 5) is 13.1. The van der Waals surface area contributed by atoms with Gasteiger partial charge in [0.15, 0.2) is 6.10 Å². The number of phenols is 1. The van der Waals surface area contributed by atoms with Crippen molar-refractivity contribution in [3.05, 3.63) is 48.6 Å². The highest BCUT2D eigenvalue weighted by molar-refractivity contribution is 5.87. The Kier molecular flexibility index (Phi) is 7.09. The maximum Gasteiger partial charge on any atom is 0.333 e. The Hall–Kier alpha value is -3.59. The van der Waals surface area contributed by atoms with Gasteiger partial charge in [0.2, 0.25) is 0 Å². The molecule has 0 saturated heterocycles. The van der Waals surface area contributed by atoms with Gasteiger partial charge in [-0.25, -0.2) is 4.79 Å². The lowest BCUT2D eigenvalue weighted by Crippen LogP contribution is -2.30. The van der Waals surface area contributed by atoms with Gasteiger partial charge in [-0.15, -0.1) is 15.0 Å². The van der Waals surface area contributed by atoms with E-state index >= 15 is 0 Å². The van der Waals surface area contributed by atoms with Crippen LogP contribution in [0.3, 0.4) is 0 Å². The van der Waals surface area contributed by atoms with Crippen molar-refractivity contribution in [2.75, 3.05) is 26.9 Å². The number of aromatic nitrogens is 3. The fourth-order valence-electron chi connectivity index (χ4n) is 2.70. The molecule has 0 saturated carbocycles. The number of hydrogen-bond acceptors (Lipinski definition) is 8. The first kappa shape index (κ1) is 22.1. The first-order chi connectivity index (χ1) is 14.9. The Labute approximate surface area is 179 Å². The number of benzene rings is 2. The fraction of sp³-hybridized carbons (Fsp3) is 0.318. The largest absolute Gasteiger partial charge is 0.505 e. The van der Waals surface area contributed by atoms with Crippen LogP contribution in [-0.2, 0) is 14.3 Å². The molecule has 1 atom stereocenters. The average Bonchev–Trinajstić information content (AvgIpc) is 3.18. The van der Waals surface area contributed by atoms with Gasteiger partial charge in [-0.1, -0.05) is 6.58 Å². The van der Waals surface area contributed by atoms with Crippen LogP contribution in [0.2, 0.25) is 0 Å². The van der Waals surface area contributed by atoms with E-state index in [4.69, 9.17) is 18.9 Å². The summed E-state index contributed by atoms with van der Waals surface area (Å²) in [5.41, 5.74) is 1.98. The van der Waals surface area contributed by atoms with Crippen molar-refractivity contribution in [2.45, 2.75) is 20.0 Å². The van der Waals surface area contributed by atoms with Crippen LogP contribution in [0.1, 0.15) is 13.8 Å². The van der Waals surface area contributed by atoms with E-state index in [9.17, 15) is 9.90 Å². The van der Waals surface area contributed by atoms with Gasteiger partial charge in [-0.05, 0) is 38.1 Å². The van der Waals surface area contributed by atoms with Crippen LogP contribution in [0.4, 0.5) is 0 Å². The van der Waals surface area contributed by atoms with Crippen molar-refractivity contribution < 1.29 is 28.8 Å². The molecule has 3 rings (SSSR count). The Balaban J connectivity index is 1.72. The highest BCUT2D eigenvalue weighted by Gasteiger charge is 2.17. The number of ether oxygens (including phenoxy) is 4. The molecule has 164 valence electrons. The summed E-state index contributed by atoms with van der Waals surface area (Å²) in [6.07, 6.45) is -0.612. The fourth-order valence-corrected chi connectivity index (χ4v) is 2.70. The monoisotopic (exact) mass is 427 g/mol. The molecule has 1 unspecified atom stereocenters. The third kappa shape index (κ3) is 5.52. The zero-order valence-electron chi connectivity index (χ0n) is 17.7. The second-order valence-corrected chi connectivity index (χ2v) is 6.77. The van der Waals surface area contributed by atoms with Crippen molar-refractivity contribution in [2.24, 2.45) is 0 Å². The number of nitrogens with zero attached hydrogens (tertiary/aromatic N) is 3. The molecule has 0 bridgehead atoms. The third-order valence-electron chi connectivity index (χ3n) is 4.32. The lowest BCUT2D eigenvalue weighted by molar-refractivity contribution is -0.149. The molecular weight excluding hydrogens is 402 g/mol. The molecule has 2 aromatic carbocycles. The van der Waals surface area contributed by atoms with Gasteiger partial charge >= 0.3 is 5.97 Å². The Morgan fingerprint density at radius 3 is 2.55 bits per heavy atom. The van der Waals surface area contributed by atoms with Crippen LogP contribution in [0, 0.1) is 0 Å². The second-order valence-electron chi connectivity index (χ2n) is 6.77. The van der Waals surface area contributed by atoms with E-state index in [1.807, 2.05) is 6.92 Å². The summed E-state index contributed by atoms with van der Waals surface area (Å²) in [5, 5.41) is 19.2. The van der Waals surface area contributed by atoms with Crippen LogP contribution in [0.25, 0.3) is 16.7 Å². The molecule has 0 amide bonds. The van der Waals surface area contributed by atoms with E-state index in [0.717, 1.165) is 0 Å². The molecule has 31 heavy (non-hydrogen) atoms. The molecular formula is C22H25N3O6. The lowest BCUT2D eigenvalue weighted by atomic mass is 10.3. The van der Waals surface area contributed by atoms with Gasteiger partial charge in [0, 0.05) is 24.3 Å². The van der Waals surface area contributed by atoms with E-state index in [0.29, 0.717) is 40.4 Å². The topological polar surface area (TPSA) is 105 Å². The first-order valence-electron chi connectivity index (χ1n) is 9.72. The van der Waals surface area contributed by atoms with Gasteiger partial charge in [0.1, 0.15) is 40.6 Å². The summed E-state index contributed by atoms with van der Waals surface area (Å²) in [6.45, 7) is 7.71. The third-order valence-corrected chi connectivity index (χ3v) is 4.32. The first-order valence-corrected chi connectivity index (χ1v) is 9.72. The van der Waals surface area contributed by atoms with Gasteiger partial charge in [0.05, 0.1) is 13.7 Å². The summed E-state index contributed by atoms with van der Waals surface area (Å²) in [5.74, 6) is 0.485. The molecule has 0 fully saturated rings. The van der Waals surface area contributed by atoms with Crippen LogP contribution in [0.15, 0.2) is 48.6 Å². The number of carbonyl (C=O) groups is 1. The van der Waals surface area contributed by atoms with Gasteiger partial charge < -0.3 is 24.1 Å². The lowest BCUT2D eigenvalue weighted by Gasteiger charge is -2.18. The summed E-state index contributed by atoms with van der Waals surface area (Å²) in [6, 6.07) is 10.1. The Bertz CT molecular complexity index is 1080. The normalized spacial score (nSPS) is 11.8. The van der Waals surface area contributed by atoms with Crippen LogP contribution < -0.4 is 9.47 Å². The Morgan fingerprint density at radius 2 is 1.87 bits per heavy atom. The highest BCUT2D eigenvalue weighted by atomic mass is 16.6. The van der Waals surface area contributed by atoms with Gasteiger partial charge in [0.25, 0.3) is 0 Å². The van der Waals surface area contributed by atoms with Gasteiger partial charge in [-0.2, -0.15) is 0 Å². The highest BCUT2D eigenvalue weighted by Crippen LogP contribution is 2.27. The number of hydrogen-bond donors (Lipinski definition) is 1. The number of rotatable bonds is 10. The predicted molar refractivity (Wildman–Crippen MR) is 114 cm³/mol. The molecule has 1 aromatic heterocycles. The van der Waals surface area contributed by atoms with E-state index < -0.39 is 12.1 Å². The minimum atomic E-state index is -0.612. The number of phenolic OH excluding ortho intramolecular Hbond substituents is 1. The zero-order valence-corrected chi connectivity index (χ0v) is 17.7. The van der Waals surface area contributed by atoms with Crippen molar-refractivity contribution in [3.63, 3.8) is 0 Å². The van der Waals surface area contributed by atoms with Gasteiger partial charge in [-0.3, -0.25) is 0 Å². The molecule has 0 aliphatic carbocycles. The van der Waals surface area contributed by atoms with E-state index in [1.54, 1.807) is 44.4 Å². The summed E-state index contributed by atoms with van der Waals surface area (Å²) < 4.78 is 21.6. The molecule has 9 nitrogen and oxygen atoms in total. The number of methoxy groups -OCH3 is 1. The average molecular weight is 427 g/mol. The second kappa shape index (κ2) is 9.94. The number of carbonyl (C=O) groups excluding carboxylic acids is 1. The summed E-state index contributed by atoms with van der Waals surface area (Å²) in [7, 11) is 1.58. The minimum absolute atomic E-state index is 0.0571. The molecule has 3 aromatic rings. The maximum absolute atomic E-state index is 11.8. The zero-order chi connectivity index (χ0) is 22.4. The number of esters is 1. The van der Waals surface area contributed by atoms with E-state index in [1.165, 1.54) is 10.9 Å². The van der Waals surface area contributed by atoms with Crippen LogP contribution >= 0.6 is 0 Å². The molecule has 9 heteroatoms. The quantitative estimate of drug-likeness (QED) is 0.389. The van der Waals surface area contributed by atoms with Crippen molar-refractivity contribution >= 4 is 17.0 Å². The smallest absolute Gasteiger partial charge is 0.333 e. The van der Waals surface area contributed by atoms with Crippen LogP contribution in [-0.4, -0.2) is 59.1 Å². The molecule has 0 radical (unpaired) electrons. The molecule has 0 aliphatic rings.